The van der Waals surface area contributed by atoms with Crippen LogP contribution in [0, 0.1) is 0 Å². The lowest BCUT2D eigenvalue weighted by atomic mass is 10.1. The zero-order chi connectivity index (χ0) is 12.5. The standard InChI is InChI=1S/C14H21NO2.ClH/c1-2-3-4-8-11-17-14(16)13(15)12-9-6-5-7-10-12;/h5-7,9-10,13H,2-4,8,11,15H2,1H3;1H. The van der Waals surface area contributed by atoms with E-state index < -0.39 is 6.04 Å². The maximum atomic E-state index is 11.6. The first-order chi connectivity index (χ1) is 8.25. The summed E-state index contributed by atoms with van der Waals surface area (Å²) in [7, 11) is 0. The third-order valence-electron chi connectivity index (χ3n) is 2.65. The smallest absolute Gasteiger partial charge is 0.327 e. The number of hydrogen-bond donors (Lipinski definition) is 1. The second kappa shape index (κ2) is 9.92. The van der Waals surface area contributed by atoms with Gasteiger partial charge in [-0.1, -0.05) is 56.5 Å². The molecule has 0 saturated carbocycles. The van der Waals surface area contributed by atoms with E-state index in [1.54, 1.807) is 0 Å². The van der Waals surface area contributed by atoms with Crippen molar-refractivity contribution in [1.82, 2.24) is 0 Å². The van der Waals surface area contributed by atoms with Crippen LogP contribution in [0.5, 0.6) is 0 Å². The fourth-order valence-electron chi connectivity index (χ4n) is 1.59. The van der Waals surface area contributed by atoms with Gasteiger partial charge in [0.15, 0.2) is 0 Å². The molecule has 0 fully saturated rings. The Kier molecular flexibility index (Phi) is 9.33. The fraction of sp³-hybridized carbons (Fsp3) is 0.500. The normalized spacial score (nSPS) is 11.4. The third kappa shape index (κ3) is 6.03. The van der Waals surface area contributed by atoms with E-state index in [4.69, 9.17) is 10.5 Å². The number of rotatable bonds is 7. The number of halogens is 1. The number of carbonyl (C=O) groups is 1. The Morgan fingerprint density at radius 1 is 1.22 bits per heavy atom. The van der Waals surface area contributed by atoms with E-state index in [0.29, 0.717) is 6.61 Å². The van der Waals surface area contributed by atoms with Crippen LogP contribution in [-0.2, 0) is 9.53 Å². The Morgan fingerprint density at radius 3 is 2.50 bits per heavy atom. The van der Waals surface area contributed by atoms with Crippen LogP contribution in [-0.4, -0.2) is 12.6 Å². The lowest BCUT2D eigenvalue weighted by molar-refractivity contribution is -0.145. The zero-order valence-corrected chi connectivity index (χ0v) is 11.6. The molecule has 0 aromatic heterocycles. The summed E-state index contributed by atoms with van der Waals surface area (Å²) in [4.78, 5) is 11.6. The van der Waals surface area contributed by atoms with Crippen LogP contribution in [0.2, 0.25) is 0 Å². The molecule has 1 aromatic rings. The molecule has 0 bridgehead atoms. The Morgan fingerprint density at radius 2 is 1.89 bits per heavy atom. The van der Waals surface area contributed by atoms with Crippen molar-refractivity contribution in [3.63, 3.8) is 0 Å². The summed E-state index contributed by atoms with van der Waals surface area (Å²) < 4.78 is 5.14. The predicted molar refractivity (Wildman–Crippen MR) is 75.7 cm³/mol. The molecule has 0 amide bonds. The Balaban J connectivity index is 0.00000289. The predicted octanol–water partition coefficient (Wildman–Crippen LogP) is 3.23. The quantitative estimate of drug-likeness (QED) is 0.612. The summed E-state index contributed by atoms with van der Waals surface area (Å²) in [6.07, 6.45) is 4.38. The van der Waals surface area contributed by atoms with E-state index in [1.807, 2.05) is 30.3 Å². The molecule has 0 aliphatic heterocycles. The summed E-state index contributed by atoms with van der Waals surface area (Å²) in [5.74, 6) is -0.340. The molecule has 1 unspecified atom stereocenters. The lowest BCUT2D eigenvalue weighted by Gasteiger charge is -2.11. The summed E-state index contributed by atoms with van der Waals surface area (Å²) in [6, 6.07) is 8.63. The first-order valence-electron chi connectivity index (χ1n) is 6.23. The first-order valence-corrected chi connectivity index (χ1v) is 6.23. The highest BCUT2D eigenvalue weighted by molar-refractivity contribution is 5.85. The Bertz CT molecular complexity index is 330. The van der Waals surface area contributed by atoms with E-state index in [9.17, 15) is 4.79 Å². The molecule has 1 atom stereocenters. The highest BCUT2D eigenvalue weighted by Gasteiger charge is 2.16. The van der Waals surface area contributed by atoms with E-state index in [-0.39, 0.29) is 18.4 Å². The van der Waals surface area contributed by atoms with Gasteiger partial charge in [-0.2, -0.15) is 0 Å². The van der Waals surface area contributed by atoms with Crippen LogP contribution in [0.1, 0.15) is 44.2 Å². The van der Waals surface area contributed by atoms with Crippen molar-refractivity contribution in [2.45, 2.75) is 38.6 Å². The van der Waals surface area contributed by atoms with Crippen LogP contribution in [0.3, 0.4) is 0 Å². The molecule has 2 N–H and O–H groups in total. The molecule has 0 aliphatic rings. The van der Waals surface area contributed by atoms with Gasteiger partial charge in [0, 0.05) is 0 Å². The zero-order valence-electron chi connectivity index (χ0n) is 10.8. The van der Waals surface area contributed by atoms with Crippen molar-refractivity contribution in [3.8, 4) is 0 Å². The molecular weight excluding hydrogens is 250 g/mol. The summed E-state index contributed by atoms with van der Waals surface area (Å²) in [6.45, 7) is 2.62. The maximum Gasteiger partial charge on any atom is 0.327 e. The molecular formula is C14H22ClNO2. The second-order valence-electron chi connectivity index (χ2n) is 4.12. The maximum absolute atomic E-state index is 11.6. The number of hydrogen-bond acceptors (Lipinski definition) is 3. The van der Waals surface area contributed by atoms with Gasteiger partial charge in [0.05, 0.1) is 6.61 Å². The minimum atomic E-state index is -0.664. The van der Waals surface area contributed by atoms with E-state index in [1.165, 1.54) is 12.8 Å². The monoisotopic (exact) mass is 271 g/mol. The van der Waals surface area contributed by atoms with Gasteiger partial charge in [0.25, 0.3) is 0 Å². The largest absolute Gasteiger partial charge is 0.464 e. The SMILES string of the molecule is CCCCCCOC(=O)C(N)c1ccccc1.Cl. The molecule has 18 heavy (non-hydrogen) atoms. The minimum Gasteiger partial charge on any atom is -0.464 e. The summed E-state index contributed by atoms with van der Waals surface area (Å²) >= 11 is 0. The topological polar surface area (TPSA) is 52.3 Å². The third-order valence-corrected chi connectivity index (χ3v) is 2.65. The van der Waals surface area contributed by atoms with Crippen LogP contribution >= 0.6 is 12.4 Å². The van der Waals surface area contributed by atoms with Gasteiger partial charge >= 0.3 is 5.97 Å². The highest BCUT2D eigenvalue weighted by Crippen LogP contribution is 2.11. The van der Waals surface area contributed by atoms with E-state index >= 15 is 0 Å². The number of ether oxygens (including phenoxy) is 1. The van der Waals surface area contributed by atoms with E-state index in [2.05, 4.69) is 6.92 Å². The number of esters is 1. The van der Waals surface area contributed by atoms with Crippen molar-refractivity contribution >= 4 is 18.4 Å². The van der Waals surface area contributed by atoms with Crippen molar-refractivity contribution in [3.05, 3.63) is 35.9 Å². The number of carbonyl (C=O) groups excluding carboxylic acids is 1. The van der Waals surface area contributed by atoms with Crippen LogP contribution < -0.4 is 5.73 Å². The minimum absolute atomic E-state index is 0. The van der Waals surface area contributed by atoms with Gasteiger partial charge in [-0.05, 0) is 12.0 Å². The highest BCUT2D eigenvalue weighted by atomic mass is 35.5. The van der Waals surface area contributed by atoms with Gasteiger partial charge < -0.3 is 10.5 Å². The lowest BCUT2D eigenvalue weighted by Crippen LogP contribution is -2.24. The van der Waals surface area contributed by atoms with Gasteiger partial charge in [-0.15, -0.1) is 12.4 Å². The van der Waals surface area contributed by atoms with Gasteiger partial charge in [-0.25, -0.2) is 4.79 Å². The molecule has 102 valence electrons. The van der Waals surface area contributed by atoms with Crippen molar-refractivity contribution in [2.75, 3.05) is 6.61 Å². The van der Waals surface area contributed by atoms with Crippen LogP contribution in [0.15, 0.2) is 30.3 Å². The van der Waals surface area contributed by atoms with Gasteiger partial charge in [0.1, 0.15) is 6.04 Å². The van der Waals surface area contributed by atoms with Crippen molar-refractivity contribution in [2.24, 2.45) is 5.73 Å². The molecule has 0 spiro atoms. The average molecular weight is 272 g/mol. The molecule has 3 nitrogen and oxygen atoms in total. The summed E-state index contributed by atoms with van der Waals surface area (Å²) in [5, 5.41) is 0. The van der Waals surface area contributed by atoms with Crippen molar-refractivity contribution < 1.29 is 9.53 Å². The molecule has 0 radical (unpaired) electrons. The Labute approximate surface area is 115 Å². The summed E-state index contributed by atoms with van der Waals surface area (Å²) in [5.41, 5.74) is 6.60. The molecule has 0 aliphatic carbocycles. The van der Waals surface area contributed by atoms with E-state index in [0.717, 1.165) is 18.4 Å². The van der Waals surface area contributed by atoms with Gasteiger partial charge in [0.2, 0.25) is 0 Å². The molecule has 1 aromatic carbocycles. The second-order valence-corrected chi connectivity index (χ2v) is 4.12. The fourth-order valence-corrected chi connectivity index (χ4v) is 1.59. The van der Waals surface area contributed by atoms with Crippen LogP contribution in [0.25, 0.3) is 0 Å². The average Bonchev–Trinajstić information content (AvgIpc) is 2.38. The molecule has 0 heterocycles. The first kappa shape index (κ1) is 16.9. The number of benzene rings is 1. The molecule has 4 heteroatoms. The van der Waals surface area contributed by atoms with Crippen molar-refractivity contribution in [1.29, 1.82) is 0 Å². The molecule has 1 rings (SSSR count). The molecule has 0 saturated heterocycles. The van der Waals surface area contributed by atoms with Gasteiger partial charge in [-0.3, -0.25) is 0 Å². The number of nitrogens with two attached hydrogens (primary N) is 1. The Hall–Kier alpha value is -1.06. The number of unbranched alkanes of at least 4 members (excludes halogenated alkanes) is 3. The van der Waals surface area contributed by atoms with Crippen LogP contribution in [0.4, 0.5) is 0 Å².